The zero-order valence-corrected chi connectivity index (χ0v) is 6.21. The van der Waals surface area contributed by atoms with Gasteiger partial charge < -0.3 is 5.32 Å². The van der Waals surface area contributed by atoms with E-state index in [4.69, 9.17) is 12.2 Å². The van der Waals surface area contributed by atoms with E-state index in [0.29, 0.717) is 0 Å². The highest BCUT2D eigenvalue weighted by Gasteiger charge is 2.36. The van der Waals surface area contributed by atoms with Crippen LogP contribution in [0.4, 0.5) is 0 Å². The Kier molecular flexibility index (Phi) is 1.22. The van der Waals surface area contributed by atoms with E-state index in [0.717, 1.165) is 16.9 Å². The first-order valence-electron chi connectivity index (χ1n) is 3.68. The maximum atomic E-state index is 5.07. The van der Waals surface area contributed by atoms with Crippen molar-refractivity contribution in [3.05, 3.63) is 0 Å². The van der Waals surface area contributed by atoms with Crippen LogP contribution in [0, 0.1) is 5.92 Å². The fourth-order valence-corrected chi connectivity index (χ4v) is 2.24. The molecule has 2 heteroatoms. The molecule has 0 aromatic rings. The zero-order valence-electron chi connectivity index (χ0n) is 5.39. The van der Waals surface area contributed by atoms with Crippen molar-refractivity contribution in [2.45, 2.75) is 31.7 Å². The van der Waals surface area contributed by atoms with E-state index in [9.17, 15) is 0 Å². The number of hydrogen-bond donors (Lipinski definition) is 1. The smallest absolute Gasteiger partial charge is 0.0807 e. The van der Waals surface area contributed by atoms with Crippen molar-refractivity contribution < 1.29 is 0 Å². The Labute approximate surface area is 60.8 Å². The molecule has 1 nitrogen and oxygen atoms in total. The summed E-state index contributed by atoms with van der Waals surface area (Å²) < 4.78 is 0. The molecule has 1 aliphatic carbocycles. The standard InChI is InChI=1S/C7H11NS/c9-7-5-3-1-2-4-6(5)8-7/h5-6H,1-4H2,(H,8,9). The van der Waals surface area contributed by atoms with Crippen LogP contribution in [0.1, 0.15) is 25.7 Å². The van der Waals surface area contributed by atoms with Crippen molar-refractivity contribution >= 4 is 17.2 Å². The van der Waals surface area contributed by atoms with E-state index in [2.05, 4.69) is 5.32 Å². The molecule has 2 unspecified atom stereocenters. The molecule has 1 heterocycles. The number of thiocarbonyl (C=S) groups is 1. The number of fused-ring (bicyclic) bond motifs is 1. The number of nitrogens with one attached hydrogen (secondary N) is 1. The number of rotatable bonds is 0. The minimum atomic E-state index is 0.770. The van der Waals surface area contributed by atoms with E-state index in [-0.39, 0.29) is 0 Å². The van der Waals surface area contributed by atoms with E-state index in [1.807, 2.05) is 0 Å². The fourth-order valence-electron chi connectivity index (χ4n) is 1.81. The largest absolute Gasteiger partial charge is 0.376 e. The van der Waals surface area contributed by atoms with Gasteiger partial charge in [-0.3, -0.25) is 0 Å². The second kappa shape index (κ2) is 1.94. The lowest BCUT2D eigenvalue weighted by Crippen LogP contribution is -2.58. The summed E-state index contributed by atoms with van der Waals surface area (Å²) in [6.07, 6.45) is 5.49. The summed E-state index contributed by atoms with van der Waals surface area (Å²) >= 11 is 5.07. The van der Waals surface area contributed by atoms with Gasteiger partial charge in [0.25, 0.3) is 0 Å². The van der Waals surface area contributed by atoms with Gasteiger partial charge in [-0.15, -0.1) is 0 Å². The first-order chi connectivity index (χ1) is 4.38. The minimum Gasteiger partial charge on any atom is -0.376 e. The lowest BCUT2D eigenvalue weighted by Gasteiger charge is -2.42. The van der Waals surface area contributed by atoms with Crippen LogP contribution >= 0.6 is 12.2 Å². The van der Waals surface area contributed by atoms with Crippen LogP contribution in [0.25, 0.3) is 0 Å². The van der Waals surface area contributed by atoms with E-state index in [1.165, 1.54) is 25.7 Å². The third-order valence-electron chi connectivity index (χ3n) is 2.43. The van der Waals surface area contributed by atoms with Gasteiger partial charge in [-0.1, -0.05) is 25.1 Å². The Morgan fingerprint density at radius 3 is 2.67 bits per heavy atom. The molecule has 1 saturated heterocycles. The van der Waals surface area contributed by atoms with Gasteiger partial charge in [0.2, 0.25) is 0 Å². The van der Waals surface area contributed by atoms with Crippen LogP contribution in [-0.2, 0) is 0 Å². The maximum Gasteiger partial charge on any atom is 0.0807 e. The van der Waals surface area contributed by atoms with Crippen LogP contribution in [0.15, 0.2) is 0 Å². The van der Waals surface area contributed by atoms with Crippen molar-refractivity contribution in [3.63, 3.8) is 0 Å². The fraction of sp³-hybridized carbons (Fsp3) is 0.857. The van der Waals surface area contributed by atoms with Crippen molar-refractivity contribution in [2.75, 3.05) is 0 Å². The van der Waals surface area contributed by atoms with E-state index in [1.54, 1.807) is 0 Å². The minimum absolute atomic E-state index is 0.770. The quantitative estimate of drug-likeness (QED) is 0.513. The molecular formula is C7H11NS. The van der Waals surface area contributed by atoms with E-state index >= 15 is 0 Å². The van der Waals surface area contributed by atoms with Crippen molar-refractivity contribution in [3.8, 4) is 0 Å². The normalized spacial score (nSPS) is 40.7. The zero-order chi connectivity index (χ0) is 6.27. The van der Waals surface area contributed by atoms with Crippen LogP contribution < -0.4 is 5.32 Å². The molecule has 50 valence electrons. The van der Waals surface area contributed by atoms with Gasteiger partial charge in [-0.2, -0.15) is 0 Å². The molecule has 1 saturated carbocycles. The molecule has 2 fully saturated rings. The second-order valence-electron chi connectivity index (χ2n) is 3.01. The highest BCUT2D eigenvalue weighted by atomic mass is 32.1. The van der Waals surface area contributed by atoms with Gasteiger partial charge in [0.15, 0.2) is 0 Å². The highest BCUT2D eigenvalue weighted by Crippen LogP contribution is 2.31. The molecule has 0 aromatic heterocycles. The van der Waals surface area contributed by atoms with Gasteiger partial charge in [0, 0.05) is 12.0 Å². The highest BCUT2D eigenvalue weighted by molar-refractivity contribution is 7.80. The average Bonchev–Trinajstić information content (AvgIpc) is 1.86. The molecular weight excluding hydrogens is 130 g/mol. The lowest BCUT2D eigenvalue weighted by atomic mass is 9.79. The summed E-state index contributed by atoms with van der Waals surface area (Å²) in [6, 6.07) is 0.770. The monoisotopic (exact) mass is 141 g/mol. The second-order valence-corrected chi connectivity index (χ2v) is 3.45. The summed E-state index contributed by atoms with van der Waals surface area (Å²) in [6.45, 7) is 0. The molecule has 0 aromatic carbocycles. The molecule has 0 spiro atoms. The Bertz CT molecular complexity index is 144. The van der Waals surface area contributed by atoms with Gasteiger partial charge in [-0.25, -0.2) is 0 Å². The van der Waals surface area contributed by atoms with Gasteiger partial charge in [-0.05, 0) is 12.8 Å². The summed E-state index contributed by atoms with van der Waals surface area (Å²) in [7, 11) is 0. The molecule has 2 rings (SSSR count). The Morgan fingerprint density at radius 2 is 2.11 bits per heavy atom. The summed E-state index contributed by atoms with van der Waals surface area (Å²) in [5, 5.41) is 3.28. The molecule has 0 radical (unpaired) electrons. The predicted octanol–water partition coefficient (Wildman–Crippen LogP) is 1.48. The summed E-state index contributed by atoms with van der Waals surface area (Å²) in [4.78, 5) is 1.12. The van der Waals surface area contributed by atoms with Crippen LogP contribution in [-0.4, -0.2) is 11.0 Å². The molecule has 2 atom stereocenters. The molecule has 0 bridgehead atoms. The van der Waals surface area contributed by atoms with Gasteiger partial charge in [0.1, 0.15) is 0 Å². The number of hydrogen-bond acceptors (Lipinski definition) is 1. The third kappa shape index (κ3) is 0.767. The van der Waals surface area contributed by atoms with Crippen molar-refractivity contribution in [2.24, 2.45) is 5.92 Å². The van der Waals surface area contributed by atoms with Gasteiger partial charge in [0.05, 0.1) is 4.99 Å². The lowest BCUT2D eigenvalue weighted by molar-refractivity contribution is 0.301. The SMILES string of the molecule is S=C1NC2CCCCC12. The van der Waals surface area contributed by atoms with Crippen LogP contribution in [0.5, 0.6) is 0 Å². The topological polar surface area (TPSA) is 12.0 Å². The third-order valence-corrected chi connectivity index (χ3v) is 2.85. The molecule has 1 aliphatic heterocycles. The van der Waals surface area contributed by atoms with Crippen LogP contribution in [0.2, 0.25) is 0 Å². The molecule has 1 N–H and O–H groups in total. The molecule has 9 heavy (non-hydrogen) atoms. The van der Waals surface area contributed by atoms with Crippen molar-refractivity contribution in [1.82, 2.24) is 5.32 Å². The first-order valence-corrected chi connectivity index (χ1v) is 4.09. The van der Waals surface area contributed by atoms with Crippen LogP contribution in [0.3, 0.4) is 0 Å². The molecule has 0 amide bonds. The summed E-state index contributed by atoms with van der Waals surface area (Å²) in [5.41, 5.74) is 0. The first kappa shape index (κ1) is 5.66. The Hall–Kier alpha value is -0.110. The van der Waals surface area contributed by atoms with E-state index < -0.39 is 0 Å². The Balaban J connectivity index is 2.01. The van der Waals surface area contributed by atoms with Gasteiger partial charge >= 0.3 is 0 Å². The van der Waals surface area contributed by atoms with Crippen molar-refractivity contribution in [1.29, 1.82) is 0 Å². The average molecular weight is 141 g/mol. The molecule has 2 aliphatic rings. The summed E-state index contributed by atoms with van der Waals surface area (Å²) in [5.74, 6) is 0.772. The predicted molar refractivity (Wildman–Crippen MR) is 41.5 cm³/mol. The maximum absolute atomic E-state index is 5.07. The Morgan fingerprint density at radius 1 is 1.33 bits per heavy atom.